The first kappa shape index (κ1) is 14.1. The Morgan fingerprint density at radius 1 is 1.16 bits per heavy atom. The van der Waals surface area contributed by atoms with Gasteiger partial charge in [0.2, 0.25) is 5.91 Å². The fraction of sp³-hybridized carbons (Fsp3) is 0.562. The molecule has 2 rings (SSSR count). The predicted molar refractivity (Wildman–Crippen MR) is 78.3 cm³/mol. The maximum absolute atomic E-state index is 12.1. The van der Waals surface area contributed by atoms with Crippen LogP contribution >= 0.6 is 0 Å². The molecule has 1 aromatic carbocycles. The van der Waals surface area contributed by atoms with E-state index in [1.54, 1.807) is 0 Å². The molecule has 3 nitrogen and oxygen atoms in total. The second kappa shape index (κ2) is 5.74. The van der Waals surface area contributed by atoms with Gasteiger partial charge in [-0.3, -0.25) is 4.79 Å². The number of hydrogen-bond acceptors (Lipinski definition) is 2. The zero-order valence-corrected chi connectivity index (χ0v) is 12.2. The number of amides is 1. The van der Waals surface area contributed by atoms with Crippen LogP contribution in [0.2, 0.25) is 0 Å². The summed E-state index contributed by atoms with van der Waals surface area (Å²) in [7, 11) is 0. The van der Waals surface area contributed by atoms with Gasteiger partial charge in [-0.15, -0.1) is 0 Å². The lowest BCUT2D eigenvalue weighted by atomic mass is 9.86. The average Bonchev–Trinajstić information content (AvgIpc) is 2.39. The van der Waals surface area contributed by atoms with E-state index in [1.807, 2.05) is 4.90 Å². The predicted octanol–water partition coefficient (Wildman–Crippen LogP) is 1.96. The first-order valence-corrected chi connectivity index (χ1v) is 7.05. The van der Waals surface area contributed by atoms with Crippen molar-refractivity contribution in [1.82, 2.24) is 10.2 Å². The number of rotatable bonds is 2. The highest BCUT2D eigenvalue weighted by atomic mass is 16.2. The van der Waals surface area contributed by atoms with Gasteiger partial charge in [0.15, 0.2) is 0 Å². The number of piperazine rings is 1. The van der Waals surface area contributed by atoms with Gasteiger partial charge in [-0.1, -0.05) is 45.0 Å². The molecule has 0 spiro atoms. The van der Waals surface area contributed by atoms with Gasteiger partial charge in [0, 0.05) is 26.2 Å². The number of nitrogens with one attached hydrogen (secondary N) is 1. The van der Waals surface area contributed by atoms with Crippen LogP contribution in [0.15, 0.2) is 24.3 Å². The fourth-order valence-corrected chi connectivity index (χ4v) is 2.32. The summed E-state index contributed by atoms with van der Waals surface area (Å²) in [6.07, 6.45) is 0.518. The van der Waals surface area contributed by atoms with E-state index in [2.05, 4.69) is 50.4 Å². The number of hydrogen-bond donors (Lipinski definition) is 1. The van der Waals surface area contributed by atoms with E-state index < -0.39 is 0 Å². The van der Waals surface area contributed by atoms with Gasteiger partial charge >= 0.3 is 0 Å². The van der Waals surface area contributed by atoms with Crippen molar-refractivity contribution in [3.05, 3.63) is 35.4 Å². The molecule has 0 unspecified atom stereocenters. The molecule has 0 aromatic heterocycles. The second-order valence-corrected chi connectivity index (χ2v) is 6.25. The van der Waals surface area contributed by atoms with E-state index >= 15 is 0 Å². The van der Waals surface area contributed by atoms with E-state index in [1.165, 1.54) is 5.56 Å². The molecule has 0 radical (unpaired) electrons. The largest absolute Gasteiger partial charge is 0.340 e. The summed E-state index contributed by atoms with van der Waals surface area (Å²) in [4.78, 5) is 14.1. The monoisotopic (exact) mass is 260 g/mol. The van der Waals surface area contributed by atoms with Gasteiger partial charge in [-0.05, 0) is 16.5 Å². The minimum absolute atomic E-state index is 0.168. The molecule has 1 N–H and O–H groups in total. The number of carbonyl (C=O) groups excluding carboxylic acids is 1. The molecular weight excluding hydrogens is 236 g/mol. The van der Waals surface area contributed by atoms with Gasteiger partial charge in [-0.2, -0.15) is 0 Å². The summed E-state index contributed by atoms with van der Waals surface area (Å²) < 4.78 is 0. The molecule has 3 heteroatoms. The highest BCUT2D eigenvalue weighted by molar-refractivity contribution is 5.78. The fourth-order valence-electron chi connectivity index (χ4n) is 2.32. The Kier molecular flexibility index (Phi) is 4.25. The summed E-state index contributed by atoms with van der Waals surface area (Å²) >= 11 is 0. The van der Waals surface area contributed by atoms with Gasteiger partial charge in [0.05, 0.1) is 6.42 Å². The lowest BCUT2D eigenvalue weighted by Crippen LogP contribution is -2.46. The van der Waals surface area contributed by atoms with Crippen LogP contribution in [0.3, 0.4) is 0 Å². The Morgan fingerprint density at radius 3 is 2.26 bits per heavy atom. The third-order valence-corrected chi connectivity index (χ3v) is 3.65. The third-order valence-electron chi connectivity index (χ3n) is 3.65. The molecule has 19 heavy (non-hydrogen) atoms. The van der Waals surface area contributed by atoms with Crippen LogP contribution in [0.4, 0.5) is 0 Å². The number of benzene rings is 1. The van der Waals surface area contributed by atoms with Crippen LogP contribution in [0.1, 0.15) is 31.9 Å². The molecule has 1 saturated heterocycles. The summed E-state index contributed by atoms with van der Waals surface area (Å²) in [6.45, 7) is 10.1. The zero-order chi connectivity index (χ0) is 13.9. The summed E-state index contributed by atoms with van der Waals surface area (Å²) in [6, 6.07) is 8.45. The molecule has 104 valence electrons. The lowest BCUT2D eigenvalue weighted by Gasteiger charge is -2.27. The van der Waals surface area contributed by atoms with Crippen molar-refractivity contribution in [3.8, 4) is 0 Å². The molecule has 1 heterocycles. The molecule has 0 saturated carbocycles. The summed E-state index contributed by atoms with van der Waals surface area (Å²) in [5, 5.41) is 3.26. The maximum atomic E-state index is 12.1. The highest BCUT2D eigenvalue weighted by Gasteiger charge is 2.17. The van der Waals surface area contributed by atoms with Crippen molar-refractivity contribution in [2.45, 2.75) is 32.6 Å². The van der Waals surface area contributed by atoms with E-state index in [4.69, 9.17) is 0 Å². The Balaban J connectivity index is 1.97. The smallest absolute Gasteiger partial charge is 0.227 e. The van der Waals surface area contributed by atoms with Crippen molar-refractivity contribution in [1.29, 1.82) is 0 Å². The second-order valence-electron chi connectivity index (χ2n) is 6.25. The first-order chi connectivity index (χ1) is 8.97. The lowest BCUT2D eigenvalue weighted by molar-refractivity contribution is -0.131. The quantitative estimate of drug-likeness (QED) is 0.881. The van der Waals surface area contributed by atoms with E-state index in [0.717, 1.165) is 31.7 Å². The van der Waals surface area contributed by atoms with Crippen molar-refractivity contribution < 1.29 is 4.79 Å². The van der Waals surface area contributed by atoms with Gasteiger partial charge < -0.3 is 10.2 Å². The molecule has 0 bridgehead atoms. The Labute approximate surface area is 116 Å². The normalized spacial score (nSPS) is 16.5. The molecule has 1 amide bonds. The van der Waals surface area contributed by atoms with Crippen LogP contribution in [-0.2, 0) is 16.6 Å². The Bertz CT molecular complexity index is 425. The maximum Gasteiger partial charge on any atom is 0.227 e. The van der Waals surface area contributed by atoms with E-state index in [9.17, 15) is 4.79 Å². The SMILES string of the molecule is CC(C)(C)c1ccc(CC(=O)N2CCNCC2)cc1. The standard InChI is InChI=1S/C16H24N2O/c1-16(2,3)14-6-4-13(5-7-14)12-15(19)18-10-8-17-9-11-18/h4-7,17H,8-12H2,1-3H3. The Hall–Kier alpha value is -1.35. The van der Waals surface area contributed by atoms with Gasteiger partial charge in [-0.25, -0.2) is 0 Å². The molecular formula is C16H24N2O. The van der Waals surface area contributed by atoms with Gasteiger partial charge in [0.25, 0.3) is 0 Å². The highest BCUT2D eigenvalue weighted by Crippen LogP contribution is 2.22. The molecule has 0 atom stereocenters. The molecule has 0 aliphatic carbocycles. The van der Waals surface area contributed by atoms with Crippen molar-refractivity contribution >= 4 is 5.91 Å². The molecule has 1 fully saturated rings. The van der Waals surface area contributed by atoms with E-state index in [-0.39, 0.29) is 11.3 Å². The molecule has 1 aliphatic heterocycles. The third kappa shape index (κ3) is 3.80. The summed E-state index contributed by atoms with van der Waals surface area (Å²) in [5.41, 5.74) is 2.59. The van der Waals surface area contributed by atoms with Crippen LogP contribution in [0.25, 0.3) is 0 Å². The van der Waals surface area contributed by atoms with Crippen LogP contribution < -0.4 is 5.32 Å². The average molecular weight is 260 g/mol. The van der Waals surface area contributed by atoms with Crippen LogP contribution in [-0.4, -0.2) is 37.0 Å². The molecule has 1 aromatic rings. The van der Waals surface area contributed by atoms with Crippen LogP contribution in [0.5, 0.6) is 0 Å². The summed E-state index contributed by atoms with van der Waals surface area (Å²) in [5.74, 6) is 0.241. The van der Waals surface area contributed by atoms with E-state index in [0.29, 0.717) is 6.42 Å². The topological polar surface area (TPSA) is 32.3 Å². The minimum Gasteiger partial charge on any atom is -0.340 e. The van der Waals surface area contributed by atoms with Crippen molar-refractivity contribution in [2.75, 3.05) is 26.2 Å². The number of nitrogens with zero attached hydrogens (tertiary/aromatic N) is 1. The van der Waals surface area contributed by atoms with Crippen molar-refractivity contribution in [2.24, 2.45) is 0 Å². The zero-order valence-electron chi connectivity index (χ0n) is 12.2. The Morgan fingerprint density at radius 2 is 1.74 bits per heavy atom. The first-order valence-electron chi connectivity index (χ1n) is 7.05. The van der Waals surface area contributed by atoms with Gasteiger partial charge in [0.1, 0.15) is 0 Å². The number of carbonyl (C=O) groups is 1. The van der Waals surface area contributed by atoms with Crippen LogP contribution in [0, 0.1) is 0 Å². The molecule has 1 aliphatic rings. The van der Waals surface area contributed by atoms with Crippen molar-refractivity contribution in [3.63, 3.8) is 0 Å². The minimum atomic E-state index is 0.168.